The fourth-order valence-electron chi connectivity index (χ4n) is 4.01. The predicted octanol–water partition coefficient (Wildman–Crippen LogP) is 3.88. The van der Waals surface area contributed by atoms with Gasteiger partial charge in [-0.3, -0.25) is 14.2 Å². The number of aryl methyl sites for hydroxylation is 2. The predicted molar refractivity (Wildman–Crippen MR) is 128 cm³/mol. The Balaban J connectivity index is 1.31. The van der Waals surface area contributed by atoms with Crippen LogP contribution in [-0.4, -0.2) is 40.2 Å². The highest BCUT2D eigenvalue weighted by molar-refractivity contribution is 7.13. The number of hydrogen-bond acceptors (Lipinski definition) is 6. The number of pyridine rings is 1. The van der Waals surface area contributed by atoms with Gasteiger partial charge in [-0.05, 0) is 38.3 Å². The zero-order valence-corrected chi connectivity index (χ0v) is 19.5. The van der Waals surface area contributed by atoms with Crippen LogP contribution in [0.5, 0.6) is 0 Å². The summed E-state index contributed by atoms with van der Waals surface area (Å²) >= 11 is 1.67. The highest BCUT2D eigenvalue weighted by Gasteiger charge is 2.17. The van der Waals surface area contributed by atoms with Crippen LogP contribution >= 0.6 is 11.3 Å². The average Bonchev–Trinajstić information content (AvgIpc) is 3.59. The summed E-state index contributed by atoms with van der Waals surface area (Å²) in [5, 5.41) is 19.3. The van der Waals surface area contributed by atoms with Crippen LogP contribution in [0.15, 0.2) is 48.4 Å². The number of carbonyl (C=O) groups is 1. The molecule has 1 amide bonds. The summed E-state index contributed by atoms with van der Waals surface area (Å²) in [6, 6.07) is 6.10. The lowest BCUT2D eigenvalue weighted by atomic mass is 10.1. The topological polar surface area (TPSA) is 95.5 Å². The minimum atomic E-state index is -0.183. The van der Waals surface area contributed by atoms with Gasteiger partial charge in [0.1, 0.15) is 6.54 Å². The number of rotatable bonds is 7. The zero-order chi connectivity index (χ0) is 22.9. The molecule has 9 nitrogen and oxygen atoms in total. The van der Waals surface area contributed by atoms with E-state index in [2.05, 4.69) is 38.6 Å². The summed E-state index contributed by atoms with van der Waals surface area (Å²) < 4.78 is 5.40. The van der Waals surface area contributed by atoms with Crippen molar-refractivity contribution in [2.75, 3.05) is 5.32 Å². The van der Waals surface area contributed by atoms with Crippen LogP contribution < -0.4 is 5.32 Å². The number of thiophene rings is 1. The zero-order valence-electron chi connectivity index (χ0n) is 18.7. The first-order valence-electron chi connectivity index (χ1n) is 10.7. The Morgan fingerprint density at radius 2 is 2.03 bits per heavy atom. The van der Waals surface area contributed by atoms with Gasteiger partial charge < -0.3 is 5.32 Å². The molecule has 5 aromatic heterocycles. The lowest BCUT2D eigenvalue weighted by Crippen LogP contribution is -2.19. The maximum absolute atomic E-state index is 12.8. The van der Waals surface area contributed by atoms with Gasteiger partial charge in [-0.2, -0.15) is 15.3 Å². The molecule has 5 aromatic rings. The smallest absolute Gasteiger partial charge is 0.246 e. The van der Waals surface area contributed by atoms with Gasteiger partial charge in [0.2, 0.25) is 5.91 Å². The number of hydrogen-bond donors (Lipinski definition) is 1. The number of nitrogens with zero attached hydrogens (tertiary/aromatic N) is 7. The summed E-state index contributed by atoms with van der Waals surface area (Å²) in [6.07, 6.45) is 7.10. The lowest BCUT2D eigenvalue weighted by molar-refractivity contribution is -0.116. The number of aromatic nitrogens is 7. The summed E-state index contributed by atoms with van der Waals surface area (Å²) in [6.45, 7) is 7.55. The maximum Gasteiger partial charge on any atom is 0.246 e. The van der Waals surface area contributed by atoms with E-state index in [1.807, 2.05) is 48.4 Å². The lowest BCUT2D eigenvalue weighted by Gasteiger charge is -2.05. The minimum absolute atomic E-state index is 0.0682. The molecule has 33 heavy (non-hydrogen) atoms. The van der Waals surface area contributed by atoms with E-state index >= 15 is 0 Å². The van der Waals surface area contributed by atoms with Crippen molar-refractivity contribution < 1.29 is 4.79 Å². The van der Waals surface area contributed by atoms with E-state index in [0.29, 0.717) is 17.9 Å². The Kier molecular flexibility index (Phi) is 5.51. The molecule has 0 saturated carbocycles. The van der Waals surface area contributed by atoms with Gasteiger partial charge in [0, 0.05) is 40.6 Å². The van der Waals surface area contributed by atoms with Crippen LogP contribution in [0.3, 0.4) is 0 Å². The quantitative estimate of drug-likeness (QED) is 0.398. The molecule has 0 saturated heterocycles. The van der Waals surface area contributed by atoms with Crippen LogP contribution in [0, 0.1) is 13.8 Å². The first kappa shape index (κ1) is 21.1. The van der Waals surface area contributed by atoms with Crippen molar-refractivity contribution in [3.05, 3.63) is 65.3 Å². The van der Waals surface area contributed by atoms with Gasteiger partial charge in [0.15, 0.2) is 5.65 Å². The Labute approximate surface area is 194 Å². The molecule has 0 fully saturated rings. The summed E-state index contributed by atoms with van der Waals surface area (Å²) in [7, 11) is 0. The molecular formula is C23H24N8OS. The van der Waals surface area contributed by atoms with Crippen molar-refractivity contribution in [1.82, 2.24) is 34.3 Å². The van der Waals surface area contributed by atoms with E-state index in [0.717, 1.165) is 39.3 Å². The van der Waals surface area contributed by atoms with E-state index in [9.17, 15) is 4.79 Å². The van der Waals surface area contributed by atoms with Gasteiger partial charge >= 0.3 is 0 Å². The monoisotopic (exact) mass is 460 g/mol. The molecular weight excluding hydrogens is 436 g/mol. The van der Waals surface area contributed by atoms with E-state index in [-0.39, 0.29) is 12.5 Å². The number of amides is 1. The van der Waals surface area contributed by atoms with E-state index < -0.39 is 0 Å². The Morgan fingerprint density at radius 3 is 2.79 bits per heavy atom. The molecule has 1 N–H and O–H groups in total. The summed E-state index contributed by atoms with van der Waals surface area (Å²) in [4.78, 5) is 18.4. The SMILES string of the molecule is CCn1ncc(Cn2cc(NC(=O)Cn3nc(C)c4c(-c5cccs5)ccnc43)cn2)c1C. The second-order valence-corrected chi connectivity index (χ2v) is 8.77. The Hall–Kier alpha value is -3.79. The molecule has 0 aliphatic heterocycles. The molecule has 0 unspecified atom stereocenters. The van der Waals surface area contributed by atoms with E-state index in [1.54, 1.807) is 33.1 Å². The summed E-state index contributed by atoms with van der Waals surface area (Å²) in [5.41, 5.74) is 5.50. The van der Waals surface area contributed by atoms with Crippen LogP contribution in [0.1, 0.15) is 23.9 Å². The summed E-state index contributed by atoms with van der Waals surface area (Å²) in [5.74, 6) is -0.183. The fraction of sp³-hybridized carbons (Fsp3) is 0.261. The number of anilines is 1. The van der Waals surface area contributed by atoms with E-state index in [1.165, 1.54) is 0 Å². The Morgan fingerprint density at radius 1 is 1.15 bits per heavy atom. The average molecular weight is 461 g/mol. The normalized spacial score (nSPS) is 11.4. The highest BCUT2D eigenvalue weighted by atomic mass is 32.1. The maximum atomic E-state index is 12.8. The van der Waals surface area contributed by atoms with Gasteiger partial charge in [-0.25, -0.2) is 9.67 Å². The molecule has 5 rings (SSSR count). The third kappa shape index (κ3) is 4.05. The van der Waals surface area contributed by atoms with Crippen LogP contribution in [0.25, 0.3) is 21.5 Å². The Bertz CT molecular complexity index is 1430. The number of fused-ring (bicyclic) bond motifs is 1. The first-order valence-corrected chi connectivity index (χ1v) is 11.6. The van der Waals surface area contributed by atoms with Gasteiger partial charge in [0.25, 0.3) is 0 Å². The molecule has 0 bridgehead atoms. The van der Waals surface area contributed by atoms with Crippen LogP contribution in [0.2, 0.25) is 0 Å². The van der Waals surface area contributed by atoms with Gasteiger partial charge in [0.05, 0.1) is 35.7 Å². The van der Waals surface area contributed by atoms with Gasteiger partial charge in [-0.1, -0.05) is 6.07 Å². The number of nitrogens with one attached hydrogen (secondary N) is 1. The molecule has 168 valence electrons. The van der Waals surface area contributed by atoms with E-state index in [4.69, 9.17) is 0 Å². The van der Waals surface area contributed by atoms with Crippen molar-refractivity contribution in [1.29, 1.82) is 0 Å². The largest absolute Gasteiger partial charge is 0.322 e. The molecule has 0 spiro atoms. The third-order valence-corrected chi connectivity index (χ3v) is 6.54. The second kappa shape index (κ2) is 8.62. The van der Waals surface area contributed by atoms with Crippen LogP contribution in [-0.2, 0) is 24.4 Å². The van der Waals surface area contributed by atoms with Crippen molar-refractivity contribution in [2.45, 2.75) is 40.4 Å². The van der Waals surface area contributed by atoms with Crippen molar-refractivity contribution in [3.8, 4) is 10.4 Å². The molecule has 10 heteroatoms. The van der Waals surface area contributed by atoms with Crippen LogP contribution in [0.4, 0.5) is 5.69 Å². The molecule has 0 aliphatic carbocycles. The molecule has 0 radical (unpaired) electrons. The van der Waals surface area contributed by atoms with Crippen molar-refractivity contribution in [3.63, 3.8) is 0 Å². The fourth-order valence-corrected chi connectivity index (χ4v) is 4.77. The van der Waals surface area contributed by atoms with Gasteiger partial charge in [-0.15, -0.1) is 11.3 Å². The van der Waals surface area contributed by atoms with Crippen molar-refractivity contribution in [2.24, 2.45) is 0 Å². The van der Waals surface area contributed by atoms with Crippen molar-refractivity contribution >= 4 is 34.0 Å². The standard InChI is InChI=1S/C23H24N8OS/c1-4-30-16(3)17(10-26-30)12-29-13-18(11-25-29)27-21(32)14-31-23-22(15(2)28-31)19(7-8-24-23)20-6-5-9-33-20/h5-11,13H,4,12,14H2,1-3H3,(H,27,32). The molecule has 0 aliphatic rings. The molecule has 5 heterocycles. The molecule has 0 atom stereocenters. The highest BCUT2D eigenvalue weighted by Crippen LogP contribution is 2.32. The third-order valence-electron chi connectivity index (χ3n) is 5.64. The second-order valence-electron chi connectivity index (χ2n) is 7.82. The first-order chi connectivity index (χ1) is 16.0. The minimum Gasteiger partial charge on any atom is -0.322 e. The number of carbonyl (C=O) groups excluding carboxylic acids is 1. The molecule has 0 aromatic carbocycles.